The number of rotatable bonds is 5. The molecule has 1 N–H and O–H groups in total. The summed E-state index contributed by atoms with van der Waals surface area (Å²) in [5, 5.41) is 8.25. The summed E-state index contributed by atoms with van der Waals surface area (Å²) in [7, 11) is 0. The second-order valence-corrected chi connectivity index (χ2v) is 16.3. The van der Waals surface area contributed by atoms with E-state index in [1.807, 2.05) is 111 Å². The quantitative estimate of drug-likeness (QED) is 0.186. The van der Waals surface area contributed by atoms with Crippen LogP contribution in [0.5, 0.6) is 0 Å². The third-order valence-corrected chi connectivity index (χ3v) is 8.30. The van der Waals surface area contributed by atoms with Gasteiger partial charge in [0.05, 0.1) is 19.3 Å². The van der Waals surface area contributed by atoms with Crippen molar-refractivity contribution >= 4 is 17.9 Å². The molecule has 0 aliphatic heterocycles. The van der Waals surface area contributed by atoms with Gasteiger partial charge in [-0.25, -0.2) is 0 Å². The van der Waals surface area contributed by atoms with Gasteiger partial charge in [0.15, 0.2) is 0 Å². The molecule has 50 heavy (non-hydrogen) atoms. The van der Waals surface area contributed by atoms with Gasteiger partial charge in [-0.15, -0.1) is 0 Å². The summed E-state index contributed by atoms with van der Waals surface area (Å²) in [4.78, 5) is 35.9. The van der Waals surface area contributed by atoms with Crippen LogP contribution in [0.2, 0.25) is 0 Å². The lowest BCUT2D eigenvalue weighted by molar-refractivity contribution is -0.158. The Bertz CT molecular complexity index is 1710. The van der Waals surface area contributed by atoms with Gasteiger partial charge in [-0.3, -0.25) is 14.4 Å². The van der Waals surface area contributed by atoms with Crippen molar-refractivity contribution in [3.63, 3.8) is 0 Å². The van der Waals surface area contributed by atoms with E-state index in [9.17, 15) is 14.4 Å². The lowest BCUT2D eigenvalue weighted by Gasteiger charge is -2.33. The third-order valence-electron chi connectivity index (χ3n) is 8.30. The van der Waals surface area contributed by atoms with E-state index in [2.05, 4.69) is 48.5 Å². The van der Waals surface area contributed by atoms with Crippen LogP contribution >= 0.6 is 0 Å². The number of ether oxygens (including phenoxy) is 2. The number of carboxylic acid groups (broad SMARTS) is 1. The molecule has 6 heteroatoms. The number of carboxylic acids is 1. The number of hydrogen-bond acceptors (Lipinski definition) is 5. The molecule has 0 unspecified atom stereocenters. The molecule has 0 heterocycles. The molecule has 0 saturated heterocycles. The lowest BCUT2D eigenvalue weighted by atomic mass is 9.72. The summed E-state index contributed by atoms with van der Waals surface area (Å²) < 4.78 is 11.3. The average molecular weight is 677 g/mol. The van der Waals surface area contributed by atoms with Gasteiger partial charge in [-0.2, -0.15) is 0 Å². The Balaban J connectivity index is 0.000000217. The molecule has 2 aliphatic rings. The van der Waals surface area contributed by atoms with Gasteiger partial charge < -0.3 is 14.6 Å². The van der Waals surface area contributed by atoms with E-state index in [0.29, 0.717) is 0 Å². The van der Waals surface area contributed by atoms with E-state index >= 15 is 0 Å². The molecule has 0 atom stereocenters. The van der Waals surface area contributed by atoms with Crippen LogP contribution in [-0.4, -0.2) is 34.2 Å². The monoisotopic (exact) mass is 676 g/mol. The van der Waals surface area contributed by atoms with Gasteiger partial charge >= 0.3 is 17.9 Å². The van der Waals surface area contributed by atoms with Crippen LogP contribution < -0.4 is 0 Å². The average Bonchev–Trinajstić information content (AvgIpc) is 3.49. The molecule has 264 valence electrons. The highest BCUT2D eigenvalue weighted by Crippen LogP contribution is 2.53. The van der Waals surface area contributed by atoms with Crippen molar-refractivity contribution < 1.29 is 29.0 Å². The first-order chi connectivity index (χ1) is 23.3. The Hall–Kier alpha value is -4.71. The Morgan fingerprint density at radius 1 is 0.560 bits per heavy atom. The molecule has 4 aromatic rings. The molecule has 0 bridgehead atoms. The topological polar surface area (TPSA) is 89.9 Å². The number of esters is 2. The number of fused-ring (bicyclic) bond motifs is 6. The summed E-state index contributed by atoms with van der Waals surface area (Å²) >= 11 is 0. The van der Waals surface area contributed by atoms with Crippen LogP contribution in [0.1, 0.15) is 104 Å². The van der Waals surface area contributed by atoms with E-state index in [1.165, 1.54) is 22.3 Å². The minimum Gasteiger partial charge on any atom is -0.481 e. The van der Waals surface area contributed by atoms with Crippen LogP contribution in [0.25, 0.3) is 22.3 Å². The SMILES string of the molecule is CC(C)(C)CC(=O)O.CC(C)(C)OC(=O)CC1(CC(=O)OC(C)(C)C)c2ccccc2-c2ccccc21.c1ccc2c(c1)Cc1ccccc1-2. The second-order valence-electron chi connectivity index (χ2n) is 16.3. The summed E-state index contributed by atoms with van der Waals surface area (Å²) in [5.41, 5.74) is 7.72. The van der Waals surface area contributed by atoms with Gasteiger partial charge in [-0.1, -0.05) is 118 Å². The number of aliphatic carboxylic acids is 1. The maximum atomic E-state index is 12.9. The summed E-state index contributed by atoms with van der Waals surface area (Å²) in [6.45, 7) is 16.8. The van der Waals surface area contributed by atoms with E-state index < -0.39 is 22.6 Å². The zero-order valence-electron chi connectivity index (χ0n) is 31.1. The summed E-state index contributed by atoms with van der Waals surface area (Å²) in [6.07, 6.45) is 1.51. The number of carbonyl (C=O) groups excluding carboxylic acids is 2. The predicted octanol–water partition coefficient (Wildman–Crippen LogP) is 10.2. The molecule has 2 aliphatic carbocycles. The standard InChI is InChI=1S/C25H30O4.C13H10.C6H12O2/c1-23(2,3)28-21(26)15-25(16-22(27)29-24(4,5)6)19-13-9-7-11-17(19)18-12-8-10-14-20(18)25;1-3-7-12-10(5-1)9-11-6-2-4-8-13(11)12;1-6(2,3)4-5(7)8/h7-14H,15-16H2,1-6H3;1-8H,9H2;4H2,1-3H3,(H,7,8). The Morgan fingerprint density at radius 2 is 0.900 bits per heavy atom. The fourth-order valence-electron chi connectivity index (χ4n) is 6.64. The Morgan fingerprint density at radius 3 is 1.22 bits per heavy atom. The lowest BCUT2D eigenvalue weighted by Crippen LogP contribution is -2.36. The van der Waals surface area contributed by atoms with Gasteiger partial charge in [0.25, 0.3) is 0 Å². The molecule has 6 nitrogen and oxygen atoms in total. The zero-order valence-corrected chi connectivity index (χ0v) is 31.1. The minimum atomic E-state index is -0.808. The fourth-order valence-corrected chi connectivity index (χ4v) is 6.64. The van der Waals surface area contributed by atoms with Crippen LogP contribution in [0.4, 0.5) is 0 Å². The zero-order chi connectivity index (χ0) is 36.9. The summed E-state index contributed by atoms with van der Waals surface area (Å²) in [5.74, 6) is -1.38. The van der Waals surface area contributed by atoms with Crippen molar-refractivity contribution in [3.8, 4) is 22.3 Å². The van der Waals surface area contributed by atoms with Crippen molar-refractivity contribution in [1.29, 1.82) is 0 Å². The molecular formula is C44H52O6. The third kappa shape index (κ3) is 9.93. The molecule has 6 rings (SSSR count). The summed E-state index contributed by atoms with van der Waals surface area (Å²) in [6, 6.07) is 33.3. The van der Waals surface area contributed by atoms with E-state index in [0.717, 1.165) is 28.7 Å². The fraction of sp³-hybridized carbons (Fsp3) is 0.386. The maximum absolute atomic E-state index is 12.9. The minimum absolute atomic E-state index is 0.0775. The molecule has 0 fully saturated rings. The van der Waals surface area contributed by atoms with E-state index in [1.54, 1.807) is 0 Å². The smallest absolute Gasteiger partial charge is 0.307 e. The van der Waals surface area contributed by atoms with Gasteiger partial charge in [0.2, 0.25) is 0 Å². The first-order valence-electron chi connectivity index (χ1n) is 17.3. The van der Waals surface area contributed by atoms with Crippen molar-refractivity contribution in [2.45, 2.75) is 105 Å². The maximum Gasteiger partial charge on any atom is 0.307 e. The number of benzene rings is 4. The molecule has 0 amide bonds. The molecule has 0 radical (unpaired) electrons. The first-order valence-corrected chi connectivity index (χ1v) is 17.3. The number of hydrogen-bond donors (Lipinski definition) is 1. The number of carbonyl (C=O) groups is 3. The van der Waals surface area contributed by atoms with Gasteiger partial charge in [-0.05, 0) is 97.9 Å². The van der Waals surface area contributed by atoms with Crippen molar-refractivity contribution in [2.24, 2.45) is 5.41 Å². The van der Waals surface area contributed by atoms with Crippen molar-refractivity contribution in [1.82, 2.24) is 0 Å². The molecular weight excluding hydrogens is 624 g/mol. The molecule has 4 aromatic carbocycles. The highest BCUT2D eigenvalue weighted by atomic mass is 16.6. The first kappa shape index (κ1) is 38.1. The van der Waals surface area contributed by atoms with Crippen molar-refractivity contribution in [3.05, 3.63) is 119 Å². The predicted molar refractivity (Wildman–Crippen MR) is 200 cm³/mol. The largest absolute Gasteiger partial charge is 0.481 e. The molecule has 0 spiro atoms. The molecule has 0 aromatic heterocycles. The van der Waals surface area contributed by atoms with Crippen LogP contribution in [0.3, 0.4) is 0 Å². The van der Waals surface area contributed by atoms with Gasteiger partial charge in [0.1, 0.15) is 11.2 Å². The Labute approximate surface area is 297 Å². The van der Waals surface area contributed by atoms with Gasteiger partial charge in [0, 0.05) is 5.41 Å². The molecule has 0 saturated carbocycles. The second kappa shape index (κ2) is 15.0. The van der Waals surface area contributed by atoms with Crippen LogP contribution in [-0.2, 0) is 35.7 Å². The van der Waals surface area contributed by atoms with Crippen LogP contribution in [0.15, 0.2) is 97.1 Å². The highest BCUT2D eigenvalue weighted by Gasteiger charge is 2.47. The normalized spacial score (nSPS) is 13.5. The Kier molecular flexibility index (Phi) is 11.5. The van der Waals surface area contributed by atoms with E-state index in [4.69, 9.17) is 14.6 Å². The van der Waals surface area contributed by atoms with Crippen LogP contribution in [0, 0.1) is 5.41 Å². The van der Waals surface area contributed by atoms with Crippen molar-refractivity contribution in [2.75, 3.05) is 0 Å². The van der Waals surface area contributed by atoms with E-state index in [-0.39, 0.29) is 36.6 Å². The highest BCUT2D eigenvalue weighted by molar-refractivity contribution is 5.88.